The van der Waals surface area contributed by atoms with Crippen molar-refractivity contribution in [3.63, 3.8) is 0 Å². The van der Waals surface area contributed by atoms with Gasteiger partial charge in [0.25, 0.3) is 17.7 Å². The number of hydrogen-bond acceptors (Lipinski definition) is 11. The van der Waals surface area contributed by atoms with Crippen LogP contribution in [-0.4, -0.2) is 154 Å². The van der Waals surface area contributed by atoms with Crippen molar-refractivity contribution in [1.82, 2.24) is 36.4 Å². The molecule has 2 saturated heterocycles. The van der Waals surface area contributed by atoms with Crippen LogP contribution in [0.25, 0.3) is 0 Å². The summed E-state index contributed by atoms with van der Waals surface area (Å²) in [6.07, 6.45) is 3.98. The van der Waals surface area contributed by atoms with E-state index < -0.39 is 48.0 Å². The van der Waals surface area contributed by atoms with Crippen LogP contribution in [0.5, 0.6) is 5.75 Å². The Bertz CT molecular complexity index is 3110. The highest BCUT2D eigenvalue weighted by atomic mass is 16.5. The zero-order chi connectivity index (χ0) is 61.3. The number of nitrogens with one attached hydrogen (secondary N) is 5. The predicted molar refractivity (Wildman–Crippen MR) is 330 cm³/mol. The normalized spacial score (nSPS) is 25.7. The van der Waals surface area contributed by atoms with Crippen molar-refractivity contribution in [1.29, 1.82) is 0 Å². The van der Waals surface area contributed by atoms with Crippen molar-refractivity contribution >= 4 is 41.4 Å². The number of carbonyl (C=O) groups excluding carboxylic acids is 7. The zero-order valence-electron chi connectivity index (χ0n) is 50.6. The molecule has 6 aliphatic rings. The van der Waals surface area contributed by atoms with E-state index in [-0.39, 0.29) is 133 Å². The minimum atomic E-state index is -0.879. The van der Waals surface area contributed by atoms with E-state index in [1.807, 2.05) is 121 Å². The molecule has 0 aromatic heterocycles. The largest absolute Gasteiger partial charge is 0.483 e. The Hall–Kier alpha value is -7.93. The highest BCUT2D eigenvalue weighted by molar-refractivity contribution is 6.02. The molecule has 2 aliphatic heterocycles. The lowest BCUT2D eigenvalue weighted by Gasteiger charge is -2.21. The third-order valence-electron chi connectivity index (χ3n) is 18.1. The van der Waals surface area contributed by atoms with Crippen LogP contribution in [0.3, 0.4) is 0 Å². The van der Waals surface area contributed by atoms with Gasteiger partial charge in [-0.25, -0.2) is 0 Å². The van der Waals surface area contributed by atoms with E-state index in [9.17, 15) is 28.8 Å². The number of rotatable bonds is 28. The molecule has 88 heavy (non-hydrogen) atoms. The third-order valence-corrected chi connectivity index (χ3v) is 18.1. The maximum atomic E-state index is 15.1. The van der Waals surface area contributed by atoms with Crippen molar-refractivity contribution in [3.05, 3.63) is 173 Å². The standard InChI is InChI=1S/C70H83N7O11/c1-70(2,3)26-28-85-30-32-87-33-31-86-29-27-71-63(78)43-88-62-34-48(68(83)76-39-54(64(79)72-58-35-50(58)44-16-8-4-9-17-44)55(40-76)65(80)73-59-36-51(59)45-18-10-5-11-19-45)24-25-49(62)69(84)77-41-56(66(81)74-60-37-52(60)46-20-12-6-13-21-46)57(42-77)67(82)75-61-38-53(61)47-22-14-7-15-23-47/h4-25,34,50-61H,26-33,35-43H2,1-3H3,(H,71,78)(H,72,79)(H,73,80)(H,74,81)(H,75,82)/t50-,51-,52-,53-,54-,55-,56-,57-,58+,59+,60+,61+/m1/s1. The van der Waals surface area contributed by atoms with E-state index >= 15 is 4.79 Å². The fraction of sp³-hybridized carbons (Fsp3) is 0.471. The molecule has 0 spiro atoms. The molecule has 2 heterocycles. The molecule has 464 valence electrons. The summed E-state index contributed by atoms with van der Waals surface area (Å²) >= 11 is 0. The van der Waals surface area contributed by atoms with Crippen LogP contribution in [-0.2, 0) is 38.2 Å². The summed E-state index contributed by atoms with van der Waals surface area (Å²) in [5.41, 5.74) is 4.78. The number of benzene rings is 5. The van der Waals surface area contributed by atoms with Crippen LogP contribution >= 0.6 is 0 Å². The molecule has 5 N–H and O–H groups in total. The number of ether oxygens (including phenoxy) is 4. The highest BCUT2D eigenvalue weighted by Gasteiger charge is 2.51. The average molecular weight is 1200 g/mol. The van der Waals surface area contributed by atoms with Gasteiger partial charge in [0.2, 0.25) is 23.6 Å². The van der Waals surface area contributed by atoms with Crippen LogP contribution < -0.4 is 31.3 Å². The summed E-state index contributed by atoms with van der Waals surface area (Å²) in [4.78, 5) is 104. The Morgan fingerprint density at radius 2 is 0.795 bits per heavy atom. The average Bonchev–Trinajstić information content (AvgIpc) is 2.95. The van der Waals surface area contributed by atoms with Gasteiger partial charge < -0.3 is 55.3 Å². The molecule has 4 aliphatic carbocycles. The Balaban J connectivity index is 0.785. The second kappa shape index (κ2) is 28.1. The van der Waals surface area contributed by atoms with E-state index in [1.165, 1.54) is 28.0 Å². The van der Waals surface area contributed by atoms with Crippen LogP contribution in [0.2, 0.25) is 0 Å². The summed E-state index contributed by atoms with van der Waals surface area (Å²) < 4.78 is 23.2. The molecule has 18 nitrogen and oxygen atoms in total. The van der Waals surface area contributed by atoms with Crippen molar-refractivity contribution in [2.75, 3.05) is 79.0 Å². The number of likely N-dealkylation sites (tertiary alicyclic amines) is 2. The molecule has 4 saturated carbocycles. The summed E-state index contributed by atoms with van der Waals surface area (Å²) in [6.45, 7) is 8.34. The molecule has 0 bridgehead atoms. The molecule has 5 aromatic rings. The van der Waals surface area contributed by atoms with Gasteiger partial charge in [-0.3, -0.25) is 33.6 Å². The first-order valence-corrected chi connectivity index (χ1v) is 31.4. The molecule has 5 aromatic carbocycles. The van der Waals surface area contributed by atoms with Crippen molar-refractivity contribution in [2.45, 2.75) is 101 Å². The number of hydrogen-bond donors (Lipinski definition) is 5. The Kier molecular flexibility index (Phi) is 19.7. The molecule has 6 fully saturated rings. The van der Waals surface area contributed by atoms with E-state index in [1.54, 1.807) is 0 Å². The van der Waals surface area contributed by atoms with E-state index in [0.717, 1.165) is 54.4 Å². The first-order valence-electron chi connectivity index (χ1n) is 31.4. The minimum absolute atomic E-state index is 0.0101. The van der Waals surface area contributed by atoms with E-state index in [2.05, 4.69) is 47.4 Å². The van der Waals surface area contributed by atoms with Crippen molar-refractivity contribution in [2.24, 2.45) is 29.1 Å². The van der Waals surface area contributed by atoms with E-state index in [4.69, 9.17) is 18.9 Å². The van der Waals surface area contributed by atoms with Crippen LogP contribution in [0.1, 0.15) is 120 Å². The smallest absolute Gasteiger partial charge is 0.258 e. The third kappa shape index (κ3) is 16.0. The Morgan fingerprint density at radius 1 is 0.443 bits per heavy atom. The topological polar surface area (TPSA) is 223 Å². The number of nitrogens with zero attached hydrogens (tertiary/aromatic N) is 2. The van der Waals surface area contributed by atoms with Crippen LogP contribution in [0.15, 0.2) is 140 Å². The summed E-state index contributed by atoms with van der Waals surface area (Å²) in [5, 5.41) is 15.6. The molecule has 12 atom stereocenters. The Labute approximate surface area is 515 Å². The SMILES string of the molecule is CC(C)(C)CCOCCOCCOCCNC(=O)COc1cc(C(=O)N2C[C@@H](C(=O)N[C@H]3C[C@@H]3c3ccccc3)[C@H](C(=O)N[C@H]3C[C@@H]3c3ccccc3)C2)ccc1C(=O)N1C[C@@H](C(=O)N[C@H]2C[C@@H]2c2ccccc2)[C@H](C(=O)N[C@H]2C[C@@H]2c2ccccc2)C1. The maximum absolute atomic E-state index is 15.1. The predicted octanol–water partition coefficient (Wildman–Crippen LogP) is 6.73. The molecule has 11 rings (SSSR count). The van der Waals surface area contributed by atoms with Gasteiger partial charge in [0.15, 0.2) is 6.61 Å². The van der Waals surface area contributed by atoms with Crippen LogP contribution in [0, 0.1) is 29.1 Å². The molecule has 7 amide bonds. The van der Waals surface area contributed by atoms with Crippen molar-refractivity contribution < 1.29 is 52.5 Å². The second-order valence-electron chi connectivity index (χ2n) is 25.8. The fourth-order valence-corrected chi connectivity index (χ4v) is 12.5. The molecular formula is C70H83N7O11. The van der Waals surface area contributed by atoms with Gasteiger partial charge in [0.05, 0.1) is 62.3 Å². The summed E-state index contributed by atoms with van der Waals surface area (Å²) in [6, 6.07) is 43.8. The van der Waals surface area contributed by atoms with Gasteiger partial charge in [-0.2, -0.15) is 0 Å². The van der Waals surface area contributed by atoms with Gasteiger partial charge >= 0.3 is 0 Å². The van der Waals surface area contributed by atoms with Crippen molar-refractivity contribution in [3.8, 4) is 5.75 Å². The van der Waals surface area contributed by atoms with Crippen LogP contribution in [0.4, 0.5) is 0 Å². The second-order valence-corrected chi connectivity index (χ2v) is 25.8. The van der Waals surface area contributed by atoms with Gasteiger partial charge in [-0.1, -0.05) is 142 Å². The maximum Gasteiger partial charge on any atom is 0.258 e. The lowest BCUT2D eigenvalue weighted by atomic mass is 9.93. The Morgan fingerprint density at radius 3 is 1.17 bits per heavy atom. The minimum Gasteiger partial charge on any atom is -0.483 e. The zero-order valence-corrected chi connectivity index (χ0v) is 50.6. The molecule has 0 radical (unpaired) electrons. The summed E-state index contributed by atoms with van der Waals surface area (Å²) in [7, 11) is 0. The number of amides is 7. The lowest BCUT2D eigenvalue weighted by molar-refractivity contribution is -0.133. The summed E-state index contributed by atoms with van der Waals surface area (Å²) in [5.74, 6) is -5.80. The van der Waals surface area contributed by atoms with Gasteiger partial charge in [-0.05, 0) is 78.0 Å². The monoisotopic (exact) mass is 1200 g/mol. The molecule has 0 unspecified atom stereocenters. The van der Waals surface area contributed by atoms with Gasteiger partial charge in [0.1, 0.15) is 5.75 Å². The highest BCUT2D eigenvalue weighted by Crippen LogP contribution is 2.45. The first-order chi connectivity index (χ1) is 42.7. The fourth-order valence-electron chi connectivity index (χ4n) is 12.5. The molecule has 18 heteroatoms. The first kappa shape index (κ1) is 61.7. The van der Waals surface area contributed by atoms with Gasteiger partial charge in [-0.15, -0.1) is 0 Å². The number of carbonyl (C=O) groups is 7. The van der Waals surface area contributed by atoms with E-state index in [0.29, 0.717) is 33.0 Å². The lowest BCUT2D eigenvalue weighted by Crippen LogP contribution is -2.43. The molecular weight excluding hydrogens is 1110 g/mol. The quantitative estimate of drug-likeness (QED) is 0.0330. The van der Waals surface area contributed by atoms with Gasteiger partial charge in [0, 0.05) is 92.7 Å².